The fourth-order valence-corrected chi connectivity index (χ4v) is 6.55. The third kappa shape index (κ3) is 3.58. The van der Waals surface area contributed by atoms with Crippen LogP contribution in [0.5, 0.6) is 0 Å². The van der Waals surface area contributed by atoms with Gasteiger partial charge >= 0.3 is 0 Å². The Kier molecular flexibility index (Phi) is 5.35. The van der Waals surface area contributed by atoms with E-state index >= 15 is 0 Å². The molecule has 0 aliphatic carbocycles. The van der Waals surface area contributed by atoms with Crippen molar-refractivity contribution in [3.05, 3.63) is 66.4 Å². The second kappa shape index (κ2) is 8.03. The van der Waals surface area contributed by atoms with E-state index in [-0.39, 0.29) is 17.5 Å². The molecule has 31 heavy (non-hydrogen) atoms. The third-order valence-electron chi connectivity index (χ3n) is 6.41. The maximum atomic E-state index is 13.8. The summed E-state index contributed by atoms with van der Waals surface area (Å²) in [4.78, 5) is 1.39. The summed E-state index contributed by atoms with van der Waals surface area (Å²) >= 11 is 0. The molecule has 0 amide bonds. The molecule has 2 saturated heterocycles. The first-order valence-corrected chi connectivity index (χ1v) is 12.1. The second-order valence-corrected chi connectivity index (χ2v) is 9.99. The Morgan fingerprint density at radius 2 is 1.77 bits per heavy atom. The largest absolute Gasteiger partial charge is 0.391 e. The van der Waals surface area contributed by atoms with Gasteiger partial charge in [-0.15, -0.1) is 0 Å². The van der Waals surface area contributed by atoms with Gasteiger partial charge in [0, 0.05) is 5.39 Å². The number of para-hydroxylation sites is 1. The van der Waals surface area contributed by atoms with Gasteiger partial charge in [-0.3, -0.25) is 0 Å². The number of aliphatic hydroxyl groups is 1. The monoisotopic (exact) mass is 443 g/mol. The number of fused-ring (bicyclic) bond motifs is 1. The number of hydrogen-bond donors (Lipinski definition) is 2. The van der Waals surface area contributed by atoms with E-state index in [1.807, 2.05) is 30.3 Å². The van der Waals surface area contributed by atoms with E-state index in [0.717, 1.165) is 23.3 Å². The van der Waals surface area contributed by atoms with Gasteiger partial charge in [0.1, 0.15) is 12.6 Å². The molecule has 2 atom stereocenters. The smallest absolute Gasteiger partial charge is 0.268 e. The van der Waals surface area contributed by atoms with Gasteiger partial charge in [-0.25, -0.2) is 12.4 Å². The molecular formula is C23H27N2O5S+. The lowest BCUT2D eigenvalue weighted by atomic mass is 9.93. The van der Waals surface area contributed by atoms with E-state index in [2.05, 4.69) is 0 Å². The molecule has 8 heteroatoms. The van der Waals surface area contributed by atoms with Crippen molar-refractivity contribution in [1.82, 2.24) is 3.97 Å². The molecule has 1 aromatic heterocycles. The van der Waals surface area contributed by atoms with Crippen LogP contribution in [-0.2, 0) is 19.5 Å². The van der Waals surface area contributed by atoms with E-state index in [9.17, 15) is 13.5 Å². The number of rotatable bonds is 5. The molecule has 3 aromatic rings. The summed E-state index contributed by atoms with van der Waals surface area (Å²) in [6, 6.07) is 17.8. The molecule has 7 nitrogen and oxygen atoms in total. The lowest BCUT2D eigenvalue weighted by Crippen LogP contribution is -3.14. The number of quaternary nitrogens is 1. The van der Waals surface area contributed by atoms with E-state index < -0.39 is 15.8 Å². The van der Waals surface area contributed by atoms with Gasteiger partial charge in [-0.05, 0) is 24.3 Å². The van der Waals surface area contributed by atoms with Crippen molar-refractivity contribution < 1.29 is 27.9 Å². The Labute approximate surface area is 181 Å². The summed E-state index contributed by atoms with van der Waals surface area (Å²) in [5.74, 6) is -0.679. The lowest BCUT2D eigenvalue weighted by Gasteiger charge is -2.41. The van der Waals surface area contributed by atoms with Crippen LogP contribution in [-0.4, -0.2) is 56.2 Å². The highest BCUT2D eigenvalue weighted by Crippen LogP contribution is 2.37. The van der Waals surface area contributed by atoms with Gasteiger partial charge in [0.25, 0.3) is 10.0 Å². The normalized spacial score (nSPS) is 23.5. The molecule has 0 bridgehead atoms. The van der Waals surface area contributed by atoms with Crippen LogP contribution in [0.1, 0.15) is 24.6 Å². The van der Waals surface area contributed by atoms with Crippen molar-refractivity contribution in [3.63, 3.8) is 0 Å². The van der Waals surface area contributed by atoms with Crippen LogP contribution >= 0.6 is 0 Å². The molecule has 5 rings (SSSR count). The van der Waals surface area contributed by atoms with Crippen LogP contribution in [0.25, 0.3) is 10.9 Å². The average molecular weight is 444 g/mol. The van der Waals surface area contributed by atoms with Gasteiger partial charge < -0.3 is 19.5 Å². The molecule has 3 heterocycles. The number of likely N-dealkylation sites (tertiary alicyclic amines) is 1. The summed E-state index contributed by atoms with van der Waals surface area (Å²) < 4.78 is 41.0. The van der Waals surface area contributed by atoms with Crippen molar-refractivity contribution in [2.24, 2.45) is 0 Å². The highest BCUT2D eigenvalue weighted by atomic mass is 32.2. The summed E-state index contributed by atoms with van der Waals surface area (Å²) in [6.07, 6.45) is 1.27. The summed E-state index contributed by atoms with van der Waals surface area (Å²) in [5, 5.41) is 10.5. The molecule has 164 valence electrons. The van der Waals surface area contributed by atoms with Crippen LogP contribution in [0.3, 0.4) is 0 Å². The fraction of sp³-hybridized carbons (Fsp3) is 0.391. The first-order valence-electron chi connectivity index (χ1n) is 10.7. The SMILES string of the molecule is O=S(=O)(c1ccccc1)n1c(C2CC3(CC[NH+]2CCO)OCCO3)cc2ccccc21. The van der Waals surface area contributed by atoms with Crippen LogP contribution < -0.4 is 4.90 Å². The number of aromatic nitrogens is 1. The van der Waals surface area contributed by atoms with E-state index in [1.165, 1.54) is 3.97 Å². The summed E-state index contributed by atoms with van der Waals surface area (Å²) in [6.45, 7) is 2.40. The number of hydrogen-bond acceptors (Lipinski definition) is 5. The Balaban J connectivity index is 1.69. The molecule has 2 aliphatic heterocycles. The van der Waals surface area contributed by atoms with Crippen molar-refractivity contribution >= 4 is 20.9 Å². The first kappa shape index (κ1) is 20.7. The highest BCUT2D eigenvalue weighted by molar-refractivity contribution is 7.90. The zero-order valence-electron chi connectivity index (χ0n) is 17.2. The lowest BCUT2D eigenvalue weighted by molar-refractivity contribution is -0.941. The zero-order chi connectivity index (χ0) is 21.5. The molecule has 2 aromatic carbocycles. The minimum absolute atomic E-state index is 0.0339. The van der Waals surface area contributed by atoms with Gasteiger partial charge in [0.2, 0.25) is 0 Å². The van der Waals surface area contributed by atoms with Crippen molar-refractivity contribution in [2.45, 2.75) is 29.6 Å². The van der Waals surface area contributed by atoms with Crippen molar-refractivity contribution in [3.8, 4) is 0 Å². The van der Waals surface area contributed by atoms with Crippen LogP contribution in [0, 0.1) is 0 Å². The first-order chi connectivity index (χ1) is 15.0. The maximum Gasteiger partial charge on any atom is 0.268 e. The molecule has 2 unspecified atom stereocenters. The molecule has 0 radical (unpaired) electrons. The third-order valence-corrected chi connectivity index (χ3v) is 8.17. The van der Waals surface area contributed by atoms with Crippen molar-refractivity contribution in [2.75, 3.05) is 32.9 Å². The summed E-state index contributed by atoms with van der Waals surface area (Å²) in [7, 11) is -3.82. The van der Waals surface area contributed by atoms with Gasteiger partial charge in [0.05, 0.1) is 55.3 Å². The van der Waals surface area contributed by atoms with Gasteiger partial charge in [-0.1, -0.05) is 36.4 Å². The molecular weight excluding hydrogens is 416 g/mol. The number of nitrogens with zero attached hydrogens (tertiary/aromatic N) is 1. The maximum absolute atomic E-state index is 13.8. The van der Waals surface area contributed by atoms with E-state index in [4.69, 9.17) is 9.47 Å². The molecule has 2 aliphatic rings. The Hall–Kier alpha value is -2.23. The van der Waals surface area contributed by atoms with Gasteiger partial charge in [0.15, 0.2) is 5.79 Å². The Morgan fingerprint density at radius 3 is 2.52 bits per heavy atom. The van der Waals surface area contributed by atoms with E-state index in [1.54, 1.807) is 30.3 Å². The topological polar surface area (TPSA) is 82.2 Å². The molecule has 1 spiro atoms. The number of ether oxygens (including phenoxy) is 2. The number of benzene rings is 2. The quantitative estimate of drug-likeness (QED) is 0.622. The predicted octanol–water partition coefficient (Wildman–Crippen LogP) is 1.33. The summed E-state index contributed by atoms with van der Waals surface area (Å²) in [5.41, 5.74) is 1.35. The van der Waals surface area contributed by atoms with Crippen LogP contribution in [0.15, 0.2) is 65.6 Å². The van der Waals surface area contributed by atoms with Crippen LogP contribution in [0.2, 0.25) is 0 Å². The molecule has 0 saturated carbocycles. The Bertz CT molecular complexity index is 1170. The average Bonchev–Trinajstić information content (AvgIpc) is 3.41. The second-order valence-electron chi connectivity index (χ2n) is 8.21. The van der Waals surface area contributed by atoms with Crippen molar-refractivity contribution in [1.29, 1.82) is 0 Å². The standard InChI is InChI=1S/C23H26N2O5S/c26-13-12-24-11-10-23(29-14-15-30-23)17-22(24)21-16-18-6-4-5-9-20(18)25(21)31(27,28)19-7-2-1-3-8-19/h1-9,16,22,26H,10-15,17H2/p+1. The minimum atomic E-state index is -3.82. The van der Waals surface area contributed by atoms with Crippen LogP contribution in [0.4, 0.5) is 0 Å². The fourth-order valence-electron chi connectivity index (χ4n) is 4.96. The predicted molar refractivity (Wildman–Crippen MR) is 115 cm³/mol. The number of aliphatic hydroxyl groups excluding tert-OH is 1. The highest BCUT2D eigenvalue weighted by Gasteiger charge is 2.48. The van der Waals surface area contributed by atoms with Gasteiger partial charge in [-0.2, -0.15) is 0 Å². The molecule has 2 N–H and O–H groups in total. The minimum Gasteiger partial charge on any atom is -0.391 e. The number of piperidine rings is 1. The number of nitrogens with one attached hydrogen (secondary N) is 1. The molecule has 2 fully saturated rings. The van der Waals surface area contributed by atoms with E-state index in [0.29, 0.717) is 37.4 Å². The Morgan fingerprint density at radius 1 is 1.06 bits per heavy atom. The zero-order valence-corrected chi connectivity index (χ0v) is 18.1.